The van der Waals surface area contributed by atoms with Crippen LogP contribution in [0.4, 0.5) is 0 Å². The molecule has 0 aliphatic carbocycles. The van der Waals surface area contributed by atoms with E-state index < -0.39 is 0 Å². The molecule has 4 heteroatoms. The molecule has 3 heterocycles. The van der Waals surface area contributed by atoms with Gasteiger partial charge in [-0.15, -0.1) is 0 Å². The smallest absolute Gasteiger partial charge is 0.0927 e. The highest BCUT2D eigenvalue weighted by Crippen LogP contribution is 2.26. The summed E-state index contributed by atoms with van der Waals surface area (Å²) < 4.78 is 1.98. The number of pyridine rings is 1. The largest absolute Gasteiger partial charge is 0.309 e. The fourth-order valence-corrected chi connectivity index (χ4v) is 2.41. The zero-order valence-electron chi connectivity index (χ0n) is 9.93. The van der Waals surface area contributed by atoms with Crippen LogP contribution in [0.3, 0.4) is 0 Å². The molecule has 0 saturated carbocycles. The Hall–Kier alpha value is -1.68. The van der Waals surface area contributed by atoms with Gasteiger partial charge in [-0.25, -0.2) is 0 Å². The van der Waals surface area contributed by atoms with Crippen LogP contribution < -0.4 is 5.32 Å². The van der Waals surface area contributed by atoms with E-state index in [2.05, 4.69) is 21.5 Å². The van der Waals surface area contributed by atoms with E-state index in [0.29, 0.717) is 6.04 Å². The number of nitrogens with zero attached hydrogens (tertiary/aromatic N) is 3. The maximum atomic E-state index is 4.57. The summed E-state index contributed by atoms with van der Waals surface area (Å²) in [5, 5.41) is 8.08. The first-order valence-corrected chi connectivity index (χ1v) is 6.02. The lowest BCUT2D eigenvalue weighted by Crippen LogP contribution is -2.16. The third kappa shape index (κ3) is 1.96. The Labute approximate surface area is 101 Å². The third-order valence-corrected chi connectivity index (χ3v) is 3.31. The minimum atomic E-state index is 0.461. The molecule has 0 aromatic carbocycles. The van der Waals surface area contributed by atoms with Gasteiger partial charge in [0.05, 0.1) is 11.4 Å². The average molecular weight is 228 g/mol. The van der Waals surface area contributed by atoms with Gasteiger partial charge in [0.2, 0.25) is 0 Å². The molecule has 88 valence electrons. The van der Waals surface area contributed by atoms with Crippen molar-refractivity contribution in [3.8, 4) is 11.3 Å². The maximum absolute atomic E-state index is 4.57. The molecule has 1 saturated heterocycles. The monoisotopic (exact) mass is 228 g/mol. The lowest BCUT2D eigenvalue weighted by molar-refractivity contribution is 0.574. The van der Waals surface area contributed by atoms with Gasteiger partial charge in [0.25, 0.3) is 0 Å². The van der Waals surface area contributed by atoms with Crippen LogP contribution in [0, 0.1) is 0 Å². The lowest BCUT2D eigenvalue weighted by Gasteiger charge is -2.09. The normalized spacial score (nSPS) is 19.7. The van der Waals surface area contributed by atoms with Crippen molar-refractivity contribution >= 4 is 0 Å². The molecule has 4 nitrogen and oxygen atoms in total. The van der Waals surface area contributed by atoms with Crippen LogP contribution in [0.1, 0.15) is 24.6 Å². The zero-order valence-corrected chi connectivity index (χ0v) is 9.93. The summed E-state index contributed by atoms with van der Waals surface area (Å²) >= 11 is 0. The minimum Gasteiger partial charge on any atom is -0.309 e. The third-order valence-electron chi connectivity index (χ3n) is 3.31. The summed E-state index contributed by atoms with van der Waals surface area (Å²) in [4.78, 5) is 4.03. The molecule has 1 unspecified atom stereocenters. The van der Waals surface area contributed by atoms with E-state index in [0.717, 1.165) is 17.8 Å². The van der Waals surface area contributed by atoms with Gasteiger partial charge in [0.1, 0.15) is 0 Å². The summed E-state index contributed by atoms with van der Waals surface area (Å²) in [5.74, 6) is 0. The highest BCUT2D eigenvalue weighted by atomic mass is 15.3. The minimum absolute atomic E-state index is 0.461. The molecule has 0 bridgehead atoms. The van der Waals surface area contributed by atoms with Gasteiger partial charge in [-0.1, -0.05) is 0 Å². The molecule has 1 atom stereocenters. The van der Waals surface area contributed by atoms with E-state index in [9.17, 15) is 0 Å². The Bertz CT molecular complexity index is 497. The van der Waals surface area contributed by atoms with E-state index in [1.807, 2.05) is 23.9 Å². The Morgan fingerprint density at radius 3 is 2.88 bits per heavy atom. The number of hydrogen-bond donors (Lipinski definition) is 1. The molecular weight excluding hydrogens is 212 g/mol. The highest BCUT2D eigenvalue weighted by Gasteiger charge is 2.20. The van der Waals surface area contributed by atoms with Crippen molar-refractivity contribution in [3.63, 3.8) is 0 Å². The molecule has 1 aliphatic rings. The molecule has 1 fully saturated rings. The van der Waals surface area contributed by atoms with Crippen LogP contribution in [-0.4, -0.2) is 21.3 Å². The molecule has 0 spiro atoms. The Morgan fingerprint density at radius 2 is 2.18 bits per heavy atom. The van der Waals surface area contributed by atoms with Crippen molar-refractivity contribution < 1.29 is 0 Å². The predicted molar refractivity (Wildman–Crippen MR) is 66.4 cm³/mol. The van der Waals surface area contributed by atoms with Gasteiger partial charge in [-0.2, -0.15) is 5.10 Å². The summed E-state index contributed by atoms with van der Waals surface area (Å²) in [6.07, 6.45) is 6.06. The summed E-state index contributed by atoms with van der Waals surface area (Å²) in [7, 11) is 2.01. The Morgan fingerprint density at radius 1 is 1.35 bits per heavy atom. The predicted octanol–water partition coefficient (Wildman–Crippen LogP) is 1.91. The topological polar surface area (TPSA) is 42.7 Å². The van der Waals surface area contributed by atoms with E-state index in [4.69, 9.17) is 0 Å². The first-order chi connectivity index (χ1) is 8.34. The number of nitrogens with one attached hydrogen (secondary N) is 1. The van der Waals surface area contributed by atoms with Gasteiger partial charge in [-0.05, 0) is 37.6 Å². The molecular formula is C13H16N4. The second-order valence-electron chi connectivity index (χ2n) is 4.46. The van der Waals surface area contributed by atoms with Crippen molar-refractivity contribution in [1.82, 2.24) is 20.1 Å². The van der Waals surface area contributed by atoms with Crippen LogP contribution in [0.5, 0.6) is 0 Å². The van der Waals surface area contributed by atoms with Gasteiger partial charge in [0, 0.05) is 31.0 Å². The SMILES string of the molecule is Cn1nc(-c2ccncc2)cc1C1CCCN1. The van der Waals surface area contributed by atoms with Crippen molar-refractivity contribution in [1.29, 1.82) is 0 Å². The maximum Gasteiger partial charge on any atom is 0.0927 e. The summed E-state index contributed by atoms with van der Waals surface area (Å²) in [5.41, 5.74) is 3.42. The fourth-order valence-electron chi connectivity index (χ4n) is 2.41. The second kappa shape index (κ2) is 4.30. The van der Waals surface area contributed by atoms with E-state index in [1.165, 1.54) is 18.5 Å². The molecule has 1 N–H and O–H groups in total. The van der Waals surface area contributed by atoms with Crippen LogP contribution in [0.25, 0.3) is 11.3 Å². The number of aryl methyl sites for hydroxylation is 1. The van der Waals surface area contributed by atoms with E-state index in [1.54, 1.807) is 12.4 Å². The lowest BCUT2D eigenvalue weighted by atomic mass is 10.1. The molecule has 3 rings (SSSR count). The van der Waals surface area contributed by atoms with Crippen LogP contribution in [-0.2, 0) is 7.05 Å². The molecule has 2 aromatic heterocycles. The summed E-state index contributed by atoms with van der Waals surface area (Å²) in [6.45, 7) is 1.11. The van der Waals surface area contributed by atoms with Crippen molar-refractivity contribution in [3.05, 3.63) is 36.3 Å². The van der Waals surface area contributed by atoms with E-state index >= 15 is 0 Å². The quantitative estimate of drug-likeness (QED) is 0.853. The van der Waals surface area contributed by atoms with Crippen LogP contribution in [0.15, 0.2) is 30.6 Å². The second-order valence-corrected chi connectivity index (χ2v) is 4.46. The molecule has 1 aliphatic heterocycles. The Kier molecular flexibility index (Phi) is 2.65. The Balaban J connectivity index is 1.95. The fraction of sp³-hybridized carbons (Fsp3) is 0.385. The van der Waals surface area contributed by atoms with Crippen molar-refractivity contribution in [2.75, 3.05) is 6.54 Å². The van der Waals surface area contributed by atoms with E-state index in [-0.39, 0.29) is 0 Å². The number of aromatic nitrogens is 3. The van der Waals surface area contributed by atoms with Crippen LogP contribution >= 0.6 is 0 Å². The molecule has 2 aromatic rings. The average Bonchev–Trinajstić information content (AvgIpc) is 2.99. The summed E-state index contributed by atoms with van der Waals surface area (Å²) in [6, 6.07) is 6.63. The number of hydrogen-bond acceptors (Lipinski definition) is 3. The first-order valence-electron chi connectivity index (χ1n) is 6.02. The van der Waals surface area contributed by atoms with Gasteiger partial charge in [-0.3, -0.25) is 9.67 Å². The van der Waals surface area contributed by atoms with Gasteiger partial charge in [0.15, 0.2) is 0 Å². The van der Waals surface area contributed by atoms with Crippen molar-refractivity contribution in [2.45, 2.75) is 18.9 Å². The first kappa shape index (κ1) is 10.5. The van der Waals surface area contributed by atoms with Crippen molar-refractivity contribution in [2.24, 2.45) is 7.05 Å². The molecule has 0 radical (unpaired) electrons. The molecule has 0 amide bonds. The molecule has 17 heavy (non-hydrogen) atoms. The van der Waals surface area contributed by atoms with Gasteiger partial charge < -0.3 is 5.32 Å². The van der Waals surface area contributed by atoms with Crippen LogP contribution in [0.2, 0.25) is 0 Å². The highest BCUT2D eigenvalue weighted by molar-refractivity contribution is 5.58. The van der Waals surface area contributed by atoms with Gasteiger partial charge >= 0.3 is 0 Å². The number of rotatable bonds is 2. The zero-order chi connectivity index (χ0) is 11.7. The standard InChI is InChI=1S/C13H16N4/c1-17-13(11-3-2-6-15-11)9-12(16-17)10-4-7-14-8-5-10/h4-5,7-9,11,15H,2-3,6H2,1H3.